The van der Waals surface area contributed by atoms with Crippen LogP contribution < -0.4 is 10.6 Å². The summed E-state index contributed by atoms with van der Waals surface area (Å²) in [5.41, 5.74) is 0.958. The van der Waals surface area contributed by atoms with Gasteiger partial charge in [0.25, 0.3) is 0 Å². The number of nitrogens with zero attached hydrogens (tertiary/aromatic N) is 1. The summed E-state index contributed by atoms with van der Waals surface area (Å²) >= 11 is 1.65. The van der Waals surface area contributed by atoms with E-state index in [4.69, 9.17) is 0 Å². The molecule has 0 saturated heterocycles. The molecule has 0 aliphatic rings. The van der Waals surface area contributed by atoms with Crippen molar-refractivity contribution in [3.8, 4) is 0 Å². The molecule has 106 valence electrons. The van der Waals surface area contributed by atoms with E-state index in [9.17, 15) is 4.79 Å². The summed E-state index contributed by atoms with van der Waals surface area (Å²) in [6.07, 6.45) is 1.46. The number of aromatic nitrogens is 1. The van der Waals surface area contributed by atoms with Crippen LogP contribution in [-0.4, -0.2) is 24.5 Å². The van der Waals surface area contributed by atoms with E-state index < -0.39 is 0 Å². The first kappa shape index (κ1) is 20.0. The molecule has 1 unspecified atom stereocenters. The van der Waals surface area contributed by atoms with Gasteiger partial charge in [-0.1, -0.05) is 6.92 Å². The van der Waals surface area contributed by atoms with Gasteiger partial charge in [-0.3, -0.25) is 4.79 Å². The molecule has 0 aromatic carbocycles. The van der Waals surface area contributed by atoms with Gasteiger partial charge in [0, 0.05) is 18.3 Å². The lowest BCUT2D eigenvalue weighted by atomic mass is 10.2. The Kier molecular flexibility index (Phi) is 11.7. The Morgan fingerprint density at radius 1 is 1.50 bits per heavy atom. The fourth-order valence-electron chi connectivity index (χ4n) is 1.31. The minimum Gasteiger partial charge on any atom is -0.348 e. The Bertz CT molecular complexity index is 347. The third kappa shape index (κ3) is 6.54. The quantitative estimate of drug-likeness (QED) is 0.847. The number of amides is 1. The number of nitrogens with one attached hydrogen (secondary N) is 2. The fourth-order valence-corrected chi connectivity index (χ4v) is 2.15. The molecule has 0 bridgehead atoms. The third-order valence-electron chi connectivity index (χ3n) is 2.30. The summed E-state index contributed by atoms with van der Waals surface area (Å²) in [5.74, 6) is 0.0629. The van der Waals surface area contributed by atoms with Gasteiger partial charge in [0.1, 0.15) is 0 Å². The van der Waals surface area contributed by atoms with Crippen molar-refractivity contribution in [2.75, 3.05) is 13.6 Å². The molecule has 2 N–H and O–H groups in total. The van der Waals surface area contributed by atoms with Crippen LogP contribution in [0.3, 0.4) is 0 Å². The second kappa shape index (κ2) is 10.6. The summed E-state index contributed by atoms with van der Waals surface area (Å²) < 4.78 is 0. The van der Waals surface area contributed by atoms with Gasteiger partial charge in [0.15, 0.2) is 0 Å². The first-order valence-electron chi connectivity index (χ1n) is 5.55. The van der Waals surface area contributed by atoms with E-state index >= 15 is 0 Å². The molecule has 18 heavy (non-hydrogen) atoms. The van der Waals surface area contributed by atoms with Crippen molar-refractivity contribution < 1.29 is 4.79 Å². The van der Waals surface area contributed by atoms with Crippen LogP contribution >= 0.6 is 36.2 Å². The van der Waals surface area contributed by atoms with Gasteiger partial charge in [-0.2, -0.15) is 0 Å². The number of thiazole rings is 1. The topological polar surface area (TPSA) is 54.0 Å². The lowest BCUT2D eigenvalue weighted by Gasteiger charge is -2.11. The molecule has 1 atom stereocenters. The van der Waals surface area contributed by atoms with Crippen molar-refractivity contribution in [1.29, 1.82) is 0 Å². The van der Waals surface area contributed by atoms with E-state index in [-0.39, 0.29) is 36.8 Å². The molecule has 1 amide bonds. The molecule has 0 radical (unpaired) electrons. The summed E-state index contributed by atoms with van der Waals surface area (Å²) in [4.78, 5) is 15.9. The van der Waals surface area contributed by atoms with E-state index in [1.165, 1.54) is 0 Å². The molecule has 0 aliphatic carbocycles. The van der Waals surface area contributed by atoms with Gasteiger partial charge >= 0.3 is 0 Å². The number of hydrogen-bond acceptors (Lipinski definition) is 4. The minimum atomic E-state index is 0. The van der Waals surface area contributed by atoms with Gasteiger partial charge in [-0.25, -0.2) is 4.98 Å². The van der Waals surface area contributed by atoms with Crippen molar-refractivity contribution in [2.45, 2.75) is 32.7 Å². The molecule has 0 spiro atoms. The van der Waals surface area contributed by atoms with Gasteiger partial charge in [0.05, 0.1) is 16.7 Å². The van der Waals surface area contributed by atoms with Crippen LogP contribution in [0, 0.1) is 0 Å². The second-order valence-corrected chi connectivity index (χ2v) is 4.61. The Labute approximate surface area is 125 Å². The van der Waals surface area contributed by atoms with E-state index in [1.807, 2.05) is 19.4 Å². The molecule has 1 heterocycles. The standard InChI is InChI=1S/C11H19N3OS.2ClH/c1-4-11-14-9(7-16-11)8(2)13-10(15)5-6-12-3;;/h7-8,12H,4-6H2,1-3H3,(H,13,15);2*1H. The molecule has 0 aliphatic heterocycles. The first-order chi connectivity index (χ1) is 7.67. The van der Waals surface area contributed by atoms with E-state index in [0.717, 1.165) is 17.1 Å². The van der Waals surface area contributed by atoms with Crippen molar-refractivity contribution in [2.24, 2.45) is 0 Å². The molecule has 7 heteroatoms. The van der Waals surface area contributed by atoms with Gasteiger partial charge in [-0.15, -0.1) is 36.2 Å². The zero-order valence-corrected chi connectivity index (χ0v) is 13.3. The molecule has 0 saturated carbocycles. The van der Waals surface area contributed by atoms with Crippen LogP contribution in [0.2, 0.25) is 0 Å². The second-order valence-electron chi connectivity index (χ2n) is 3.66. The number of carbonyl (C=O) groups is 1. The maximum absolute atomic E-state index is 11.5. The van der Waals surface area contributed by atoms with Gasteiger partial charge in [0.2, 0.25) is 5.91 Å². The number of aryl methyl sites for hydroxylation is 1. The Morgan fingerprint density at radius 2 is 2.17 bits per heavy atom. The van der Waals surface area contributed by atoms with Crippen LogP contribution in [0.4, 0.5) is 0 Å². The van der Waals surface area contributed by atoms with Crippen molar-refractivity contribution in [3.63, 3.8) is 0 Å². The van der Waals surface area contributed by atoms with Crippen LogP contribution in [0.5, 0.6) is 0 Å². The van der Waals surface area contributed by atoms with Gasteiger partial charge < -0.3 is 10.6 Å². The van der Waals surface area contributed by atoms with Crippen molar-refractivity contribution >= 4 is 42.1 Å². The monoisotopic (exact) mass is 313 g/mol. The predicted octanol–water partition coefficient (Wildman–Crippen LogP) is 2.34. The molecule has 1 aromatic rings. The Morgan fingerprint density at radius 3 is 2.67 bits per heavy atom. The predicted molar refractivity (Wildman–Crippen MR) is 81.1 cm³/mol. The zero-order valence-electron chi connectivity index (χ0n) is 10.9. The molecular weight excluding hydrogens is 293 g/mol. The average Bonchev–Trinajstić information content (AvgIpc) is 2.74. The number of halogens is 2. The lowest BCUT2D eigenvalue weighted by molar-refractivity contribution is -0.121. The van der Waals surface area contributed by atoms with Gasteiger partial charge in [-0.05, 0) is 20.4 Å². The molecule has 1 aromatic heterocycles. The minimum absolute atomic E-state index is 0. The smallest absolute Gasteiger partial charge is 0.221 e. The van der Waals surface area contributed by atoms with E-state index in [0.29, 0.717) is 13.0 Å². The summed E-state index contributed by atoms with van der Waals surface area (Å²) in [6.45, 7) is 4.75. The fraction of sp³-hybridized carbons (Fsp3) is 0.636. The Balaban J connectivity index is 0. The highest BCUT2D eigenvalue weighted by Crippen LogP contribution is 2.16. The maximum atomic E-state index is 11.5. The lowest BCUT2D eigenvalue weighted by Crippen LogP contribution is -2.29. The molecular formula is C11H21Cl2N3OS. The Hall–Kier alpha value is -0.360. The van der Waals surface area contributed by atoms with E-state index in [2.05, 4.69) is 22.5 Å². The van der Waals surface area contributed by atoms with Crippen LogP contribution in [0.15, 0.2) is 5.38 Å². The van der Waals surface area contributed by atoms with Crippen molar-refractivity contribution in [1.82, 2.24) is 15.6 Å². The number of carbonyl (C=O) groups excluding carboxylic acids is 1. The normalized spacial score (nSPS) is 11.1. The highest BCUT2D eigenvalue weighted by Gasteiger charge is 2.11. The highest BCUT2D eigenvalue weighted by atomic mass is 35.5. The third-order valence-corrected chi connectivity index (χ3v) is 3.31. The number of rotatable bonds is 6. The SMILES string of the molecule is CCc1nc(C(C)NC(=O)CCNC)cs1.Cl.Cl. The average molecular weight is 314 g/mol. The van der Waals surface area contributed by atoms with Crippen molar-refractivity contribution in [3.05, 3.63) is 16.1 Å². The largest absolute Gasteiger partial charge is 0.348 e. The number of hydrogen-bond donors (Lipinski definition) is 2. The molecule has 1 rings (SSSR count). The van der Waals surface area contributed by atoms with Crippen LogP contribution in [-0.2, 0) is 11.2 Å². The molecule has 0 fully saturated rings. The highest BCUT2D eigenvalue weighted by molar-refractivity contribution is 7.09. The molecule has 4 nitrogen and oxygen atoms in total. The van der Waals surface area contributed by atoms with Crippen LogP contribution in [0.1, 0.15) is 37.0 Å². The maximum Gasteiger partial charge on any atom is 0.221 e. The zero-order chi connectivity index (χ0) is 12.0. The van der Waals surface area contributed by atoms with E-state index in [1.54, 1.807) is 11.3 Å². The summed E-state index contributed by atoms with van der Waals surface area (Å²) in [5, 5.41) is 9.02. The first-order valence-corrected chi connectivity index (χ1v) is 6.43. The summed E-state index contributed by atoms with van der Waals surface area (Å²) in [6, 6.07) is 0.000839. The summed E-state index contributed by atoms with van der Waals surface area (Å²) in [7, 11) is 1.84. The van der Waals surface area contributed by atoms with Crippen LogP contribution in [0.25, 0.3) is 0 Å².